The lowest BCUT2D eigenvalue weighted by Crippen LogP contribution is -2.01. The van der Waals surface area contributed by atoms with Crippen LogP contribution in [0.2, 0.25) is 0 Å². The van der Waals surface area contributed by atoms with Gasteiger partial charge in [0.2, 0.25) is 0 Å². The van der Waals surface area contributed by atoms with Gasteiger partial charge >= 0.3 is 0 Å². The Hall–Kier alpha value is -2.29. The molecule has 1 aliphatic rings. The zero-order valence-electron chi connectivity index (χ0n) is 11.1. The van der Waals surface area contributed by atoms with Crippen LogP contribution in [-0.2, 0) is 6.61 Å². The van der Waals surface area contributed by atoms with Crippen molar-refractivity contribution < 1.29 is 14.6 Å². The number of hydrogen-bond donors (Lipinski definition) is 1. The summed E-state index contributed by atoms with van der Waals surface area (Å²) in [6.45, 7) is 0.441. The standard InChI is InChI=1S/C17H16O3/c18-15-7-1-12(2-8-15)11-20-16-9-5-14(6-10-16)17(19)13-3-4-13/h1-2,5-10,13,18H,3-4,11H2. The topological polar surface area (TPSA) is 46.5 Å². The number of phenolic OH excluding ortho intramolecular Hbond substituents is 1. The number of ketones is 1. The van der Waals surface area contributed by atoms with Gasteiger partial charge in [-0.1, -0.05) is 12.1 Å². The molecule has 2 aromatic rings. The van der Waals surface area contributed by atoms with Gasteiger partial charge in [0.05, 0.1) is 0 Å². The monoisotopic (exact) mass is 268 g/mol. The van der Waals surface area contributed by atoms with Gasteiger partial charge in [0.15, 0.2) is 5.78 Å². The third kappa shape index (κ3) is 2.99. The highest BCUT2D eigenvalue weighted by molar-refractivity contribution is 5.99. The average Bonchev–Trinajstić information content (AvgIpc) is 3.31. The Balaban J connectivity index is 1.60. The number of aromatic hydroxyl groups is 1. The van der Waals surface area contributed by atoms with Gasteiger partial charge in [-0.25, -0.2) is 0 Å². The van der Waals surface area contributed by atoms with Gasteiger partial charge in [-0.2, -0.15) is 0 Å². The summed E-state index contributed by atoms with van der Waals surface area (Å²) in [7, 11) is 0. The van der Waals surface area contributed by atoms with E-state index < -0.39 is 0 Å². The molecule has 0 aliphatic heterocycles. The third-order valence-electron chi connectivity index (χ3n) is 3.43. The molecule has 2 aromatic carbocycles. The first-order chi connectivity index (χ1) is 9.72. The predicted octanol–water partition coefficient (Wildman–Crippen LogP) is 3.56. The Morgan fingerprint density at radius 2 is 1.70 bits per heavy atom. The molecule has 1 saturated carbocycles. The molecule has 3 heteroatoms. The quantitative estimate of drug-likeness (QED) is 0.843. The summed E-state index contributed by atoms with van der Waals surface area (Å²) >= 11 is 0. The van der Waals surface area contributed by atoms with E-state index in [-0.39, 0.29) is 17.5 Å². The van der Waals surface area contributed by atoms with Gasteiger partial charge < -0.3 is 9.84 Å². The van der Waals surface area contributed by atoms with Gasteiger partial charge in [0.25, 0.3) is 0 Å². The highest BCUT2D eigenvalue weighted by Crippen LogP contribution is 2.32. The largest absolute Gasteiger partial charge is 0.508 e. The lowest BCUT2D eigenvalue weighted by Gasteiger charge is -2.07. The van der Waals surface area contributed by atoms with E-state index >= 15 is 0 Å². The molecule has 0 unspecified atom stereocenters. The molecule has 1 aliphatic carbocycles. The first kappa shape index (κ1) is 12.7. The number of rotatable bonds is 5. The van der Waals surface area contributed by atoms with Crippen molar-refractivity contribution >= 4 is 5.78 Å². The van der Waals surface area contributed by atoms with Crippen LogP contribution in [0.3, 0.4) is 0 Å². The summed E-state index contributed by atoms with van der Waals surface area (Å²) in [5.41, 5.74) is 1.76. The third-order valence-corrected chi connectivity index (χ3v) is 3.43. The Bertz CT molecular complexity index is 595. The Morgan fingerprint density at radius 1 is 1.05 bits per heavy atom. The maximum absolute atomic E-state index is 11.9. The molecule has 1 N–H and O–H groups in total. The molecule has 0 aromatic heterocycles. The fraction of sp³-hybridized carbons (Fsp3) is 0.235. The number of Topliss-reactive ketones (excluding diaryl/α,β-unsaturated/α-hetero) is 1. The van der Waals surface area contributed by atoms with Gasteiger partial charge in [0, 0.05) is 11.5 Å². The van der Waals surface area contributed by atoms with Crippen molar-refractivity contribution in [3.63, 3.8) is 0 Å². The fourth-order valence-electron chi connectivity index (χ4n) is 2.06. The molecular weight excluding hydrogens is 252 g/mol. The second kappa shape index (κ2) is 5.37. The smallest absolute Gasteiger partial charge is 0.165 e. The maximum atomic E-state index is 11.9. The predicted molar refractivity (Wildman–Crippen MR) is 75.9 cm³/mol. The molecule has 0 radical (unpaired) electrons. The van der Waals surface area contributed by atoms with E-state index in [9.17, 15) is 9.90 Å². The Kier molecular flexibility index (Phi) is 3.42. The Labute approximate surface area is 117 Å². The summed E-state index contributed by atoms with van der Waals surface area (Å²) in [5, 5.41) is 9.20. The maximum Gasteiger partial charge on any atom is 0.165 e. The number of carbonyl (C=O) groups is 1. The van der Waals surface area contributed by atoms with Crippen molar-refractivity contribution in [2.24, 2.45) is 5.92 Å². The van der Waals surface area contributed by atoms with Crippen LogP contribution in [0, 0.1) is 5.92 Å². The molecular formula is C17H16O3. The van der Waals surface area contributed by atoms with E-state index in [0.29, 0.717) is 6.61 Å². The van der Waals surface area contributed by atoms with Crippen molar-refractivity contribution in [1.29, 1.82) is 0 Å². The van der Waals surface area contributed by atoms with Crippen LogP contribution >= 0.6 is 0 Å². The van der Waals surface area contributed by atoms with Crippen molar-refractivity contribution in [3.05, 3.63) is 59.7 Å². The van der Waals surface area contributed by atoms with Gasteiger partial charge in [-0.15, -0.1) is 0 Å². The molecule has 0 atom stereocenters. The summed E-state index contributed by atoms with van der Waals surface area (Å²) < 4.78 is 5.65. The number of hydrogen-bond acceptors (Lipinski definition) is 3. The Morgan fingerprint density at radius 3 is 2.30 bits per heavy atom. The van der Waals surface area contributed by atoms with E-state index in [1.807, 2.05) is 36.4 Å². The van der Waals surface area contributed by atoms with E-state index in [4.69, 9.17) is 4.74 Å². The van der Waals surface area contributed by atoms with Crippen molar-refractivity contribution in [2.45, 2.75) is 19.4 Å². The number of benzene rings is 2. The number of carbonyl (C=O) groups excluding carboxylic acids is 1. The van der Waals surface area contributed by atoms with Crippen LogP contribution in [0.5, 0.6) is 11.5 Å². The minimum absolute atomic E-state index is 0.245. The molecule has 3 nitrogen and oxygen atoms in total. The number of ether oxygens (including phenoxy) is 1. The molecule has 20 heavy (non-hydrogen) atoms. The van der Waals surface area contributed by atoms with Crippen molar-refractivity contribution in [1.82, 2.24) is 0 Å². The first-order valence-corrected chi connectivity index (χ1v) is 6.77. The summed E-state index contributed by atoms with van der Waals surface area (Å²) in [5.74, 6) is 1.48. The van der Waals surface area contributed by atoms with Gasteiger partial charge in [-0.05, 0) is 54.8 Å². The first-order valence-electron chi connectivity index (χ1n) is 6.77. The van der Waals surface area contributed by atoms with Crippen LogP contribution < -0.4 is 4.74 Å². The highest BCUT2D eigenvalue weighted by Gasteiger charge is 2.30. The fourth-order valence-corrected chi connectivity index (χ4v) is 2.06. The van der Waals surface area contributed by atoms with Crippen LogP contribution in [0.15, 0.2) is 48.5 Å². The lowest BCUT2D eigenvalue weighted by atomic mass is 10.1. The molecule has 0 bridgehead atoms. The second-order valence-corrected chi connectivity index (χ2v) is 5.12. The van der Waals surface area contributed by atoms with E-state index in [0.717, 1.165) is 29.7 Å². The van der Waals surface area contributed by atoms with Crippen LogP contribution in [0.25, 0.3) is 0 Å². The lowest BCUT2D eigenvalue weighted by molar-refractivity contribution is 0.0967. The summed E-state index contributed by atoms with van der Waals surface area (Å²) in [6, 6.07) is 14.2. The van der Waals surface area contributed by atoms with Crippen molar-refractivity contribution in [2.75, 3.05) is 0 Å². The molecule has 0 heterocycles. The summed E-state index contributed by atoms with van der Waals surface area (Å²) in [4.78, 5) is 11.9. The second-order valence-electron chi connectivity index (χ2n) is 5.12. The van der Waals surface area contributed by atoms with Gasteiger partial charge in [-0.3, -0.25) is 4.79 Å². The molecule has 102 valence electrons. The zero-order chi connectivity index (χ0) is 13.9. The van der Waals surface area contributed by atoms with E-state index in [1.54, 1.807) is 12.1 Å². The molecule has 0 amide bonds. The molecule has 0 spiro atoms. The normalized spacial score (nSPS) is 14.0. The van der Waals surface area contributed by atoms with E-state index in [1.165, 1.54) is 0 Å². The molecule has 0 saturated heterocycles. The van der Waals surface area contributed by atoms with Crippen molar-refractivity contribution in [3.8, 4) is 11.5 Å². The highest BCUT2D eigenvalue weighted by atomic mass is 16.5. The van der Waals surface area contributed by atoms with E-state index in [2.05, 4.69) is 0 Å². The van der Waals surface area contributed by atoms with Crippen LogP contribution in [-0.4, -0.2) is 10.9 Å². The molecule has 3 rings (SSSR count). The zero-order valence-corrected chi connectivity index (χ0v) is 11.1. The minimum Gasteiger partial charge on any atom is -0.508 e. The molecule has 1 fully saturated rings. The van der Waals surface area contributed by atoms with Crippen LogP contribution in [0.4, 0.5) is 0 Å². The summed E-state index contributed by atoms with van der Waals surface area (Å²) in [6.07, 6.45) is 2.05. The van der Waals surface area contributed by atoms with Gasteiger partial charge in [0.1, 0.15) is 18.1 Å². The van der Waals surface area contributed by atoms with Crippen LogP contribution in [0.1, 0.15) is 28.8 Å². The number of phenols is 1. The average molecular weight is 268 g/mol. The SMILES string of the molecule is O=C(c1ccc(OCc2ccc(O)cc2)cc1)C1CC1. The minimum atomic E-state index is 0.245.